The summed E-state index contributed by atoms with van der Waals surface area (Å²) in [6, 6.07) is 0.285. The first-order valence-electron chi connectivity index (χ1n) is 6.17. The number of nitrogens with zero attached hydrogens (tertiary/aromatic N) is 1. The predicted molar refractivity (Wildman–Crippen MR) is 68.5 cm³/mol. The van der Waals surface area contributed by atoms with Crippen LogP contribution < -0.4 is 5.32 Å². The number of ether oxygens (including phenoxy) is 1. The third-order valence-electron chi connectivity index (χ3n) is 3.39. The Labute approximate surface area is 105 Å². The zero-order valence-corrected chi connectivity index (χ0v) is 11.8. The quantitative estimate of drug-likeness (QED) is 0.755. The lowest BCUT2D eigenvalue weighted by molar-refractivity contribution is 0.193. The number of hydrogen-bond donors (Lipinski definition) is 1. The maximum absolute atomic E-state index is 12.3. The normalized spacial score (nSPS) is 24.8. The van der Waals surface area contributed by atoms with Crippen molar-refractivity contribution in [3.63, 3.8) is 0 Å². The van der Waals surface area contributed by atoms with Crippen LogP contribution in [-0.4, -0.2) is 57.9 Å². The van der Waals surface area contributed by atoms with Crippen LogP contribution in [0.1, 0.15) is 26.2 Å². The van der Waals surface area contributed by atoms with Gasteiger partial charge in [0.25, 0.3) is 0 Å². The van der Waals surface area contributed by atoms with Crippen LogP contribution in [0.25, 0.3) is 0 Å². The highest BCUT2D eigenvalue weighted by molar-refractivity contribution is 7.89. The highest BCUT2D eigenvalue weighted by Crippen LogP contribution is 2.18. The van der Waals surface area contributed by atoms with E-state index in [0.29, 0.717) is 26.1 Å². The molecule has 0 aromatic heterocycles. The summed E-state index contributed by atoms with van der Waals surface area (Å²) in [6.45, 7) is 3.50. The molecule has 6 heteroatoms. The second-order valence-corrected chi connectivity index (χ2v) is 6.97. The minimum atomic E-state index is -3.16. The minimum Gasteiger partial charge on any atom is -0.385 e. The topological polar surface area (TPSA) is 58.6 Å². The lowest BCUT2D eigenvalue weighted by atomic mass is 10.1. The van der Waals surface area contributed by atoms with Gasteiger partial charge in [-0.05, 0) is 33.2 Å². The summed E-state index contributed by atoms with van der Waals surface area (Å²) in [6.07, 6.45) is 2.54. The summed E-state index contributed by atoms with van der Waals surface area (Å²) >= 11 is 0. The van der Waals surface area contributed by atoms with Gasteiger partial charge in [-0.2, -0.15) is 0 Å². The van der Waals surface area contributed by atoms with Crippen LogP contribution in [0, 0.1) is 0 Å². The lowest BCUT2D eigenvalue weighted by Crippen LogP contribution is -2.49. The fourth-order valence-electron chi connectivity index (χ4n) is 2.10. The first kappa shape index (κ1) is 14.9. The van der Waals surface area contributed by atoms with Crippen molar-refractivity contribution >= 4 is 10.0 Å². The van der Waals surface area contributed by atoms with Crippen molar-refractivity contribution in [2.75, 3.05) is 33.9 Å². The average Bonchev–Trinajstić information content (AvgIpc) is 2.35. The van der Waals surface area contributed by atoms with Gasteiger partial charge in [-0.25, -0.2) is 12.7 Å². The Morgan fingerprint density at radius 1 is 1.53 bits per heavy atom. The first-order chi connectivity index (χ1) is 8.02. The van der Waals surface area contributed by atoms with Gasteiger partial charge >= 0.3 is 0 Å². The molecule has 0 aromatic rings. The van der Waals surface area contributed by atoms with E-state index >= 15 is 0 Å². The number of piperidine rings is 1. The van der Waals surface area contributed by atoms with E-state index < -0.39 is 10.0 Å². The molecule has 1 saturated heterocycles. The van der Waals surface area contributed by atoms with Crippen LogP contribution >= 0.6 is 0 Å². The molecule has 1 N–H and O–H groups in total. The molecular formula is C11H24N2O3S. The number of likely N-dealkylation sites (N-methyl/N-ethyl adjacent to an activating group) is 1. The molecule has 17 heavy (non-hydrogen) atoms. The molecule has 0 aliphatic carbocycles. The zero-order chi connectivity index (χ0) is 12.9. The summed E-state index contributed by atoms with van der Waals surface area (Å²) in [5, 5.41) is 2.79. The van der Waals surface area contributed by atoms with Crippen molar-refractivity contribution in [3.05, 3.63) is 0 Å². The Morgan fingerprint density at radius 2 is 2.24 bits per heavy atom. The monoisotopic (exact) mass is 264 g/mol. The van der Waals surface area contributed by atoms with Gasteiger partial charge < -0.3 is 10.1 Å². The Morgan fingerprint density at radius 3 is 2.82 bits per heavy atom. The standard InChI is InChI=1S/C11H24N2O3S/c1-10(6-8-16-3)17(14,15)13-7-4-5-11(9-13)12-2/h10-12H,4-9H2,1-3H3. The molecule has 1 rings (SSSR count). The molecule has 2 unspecified atom stereocenters. The Hall–Kier alpha value is -0.170. The second kappa shape index (κ2) is 6.68. The summed E-state index contributed by atoms with van der Waals surface area (Å²) in [4.78, 5) is 0. The van der Waals surface area contributed by atoms with Crippen LogP contribution in [0.3, 0.4) is 0 Å². The minimum absolute atomic E-state index is 0.285. The molecule has 0 aromatic carbocycles. The molecule has 2 atom stereocenters. The second-order valence-electron chi connectivity index (χ2n) is 4.62. The highest BCUT2D eigenvalue weighted by atomic mass is 32.2. The molecule has 0 amide bonds. The number of methoxy groups -OCH3 is 1. The summed E-state index contributed by atoms with van der Waals surface area (Å²) in [5.41, 5.74) is 0. The number of rotatable bonds is 6. The van der Waals surface area contributed by atoms with Crippen molar-refractivity contribution < 1.29 is 13.2 Å². The van der Waals surface area contributed by atoms with Gasteiger partial charge in [-0.3, -0.25) is 0 Å². The highest BCUT2D eigenvalue weighted by Gasteiger charge is 2.32. The molecule has 1 aliphatic heterocycles. The Bertz CT molecular complexity index is 319. The first-order valence-corrected chi connectivity index (χ1v) is 7.67. The number of hydrogen-bond acceptors (Lipinski definition) is 4. The molecular weight excluding hydrogens is 240 g/mol. The van der Waals surface area contributed by atoms with Crippen LogP contribution in [0.2, 0.25) is 0 Å². The SMILES string of the molecule is CNC1CCCN(S(=O)(=O)C(C)CCOC)C1. The van der Waals surface area contributed by atoms with E-state index in [0.717, 1.165) is 12.8 Å². The van der Waals surface area contributed by atoms with Gasteiger partial charge in [0.2, 0.25) is 10.0 Å². The largest absolute Gasteiger partial charge is 0.385 e. The van der Waals surface area contributed by atoms with Gasteiger partial charge in [-0.15, -0.1) is 0 Å². The molecule has 1 aliphatic rings. The van der Waals surface area contributed by atoms with Crippen molar-refractivity contribution in [2.45, 2.75) is 37.5 Å². The molecule has 0 bridgehead atoms. The Balaban J connectivity index is 2.62. The van der Waals surface area contributed by atoms with E-state index in [-0.39, 0.29) is 11.3 Å². The third-order valence-corrected chi connectivity index (χ3v) is 5.69. The van der Waals surface area contributed by atoms with Gasteiger partial charge in [0.1, 0.15) is 0 Å². The predicted octanol–water partition coefficient (Wildman–Crippen LogP) is 0.425. The zero-order valence-electron chi connectivity index (χ0n) is 11.0. The lowest BCUT2D eigenvalue weighted by Gasteiger charge is -2.33. The van der Waals surface area contributed by atoms with Crippen molar-refractivity contribution in [1.82, 2.24) is 9.62 Å². The fourth-order valence-corrected chi connectivity index (χ4v) is 3.77. The molecule has 0 saturated carbocycles. The number of sulfonamides is 1. The smallest absolute Gasteiger partial charge is 0.216 e. The average molecular weight is 264 g/mol. The number of nitrogens with one attached hydrogen (secondary N) is 1. The van der Waals surface area contributed by atoms with Crippen LogP contribution in [-0.2, 0) is 14.8 Å². The van der Waals surface area contributed by atoms with Crippen LogP contribution in [0.4, 0.5) is 0 Å². The molecule has 1 fully saturated rings. The fraction of sp³-hybridized carbons (Fsp3) is 1.00. The van der Waals surface area contributed by atoms with Crippen molar-refractivity contribution in [2.24, 2.45) is 0 Å². The molecule has 0 spiro atoms. The van der Waals surface area contributed by atoms with Gasteiger partial charge in [0.15, 0.2) is 0 Å². The van der Waals surface area contributed by atoms with Gasteiger partial charge in [0, 0.05) is 32.8 Å². The van der Waals surface area contributed by atoms with Crippen molar-refractivity contribution in [3.8, 4) is 0 Å². The molecule has 1 heterocycles. The third kappa shape index (κ3) is 3.91. The molecule has 0 radical (unpaired) electrons. The van der Waals surface area contributed by atoms with E-state index in [1.807, 2.05) is 7.05 Å². The maximum Gasteiger partial charge on any atom is 0.216 e. The van der Waals surface area contributed by atoms with Crippen LogP contribution in [0.15, 0.2) is 0 Å². The van der Waals surface area contributed by atoms with E-state index in [2.05, 4.69) is 5.32 Å². The summed E-state index contributed by atoms with van der Waals surface area (Å²) in [5.74, 6) is 0. The molecule has 102 valence electrons. The molecule has 5 nitrogen and oxygen atoms in total. The maximum atomic E-state index is 12.3. The van der Waals surface area contributed by atoms with E-state index in [1.54, 1.807) is 18.3 Å². The van der Waals surface area contributed by atoms with Crippen molar-refractivity contribution in [1.29, 1.82) is 0 Å². The van der Waals surface area contributed by atoms with E-state index in [4.69, 9.17) is 4.74 Å². The van der Waals surface area contributed by atoms with E-state index in [9.17, 15) is 8.42 Å². The van der Waals surface area contributed by atoms with Gasteiger partial charge in [-0.1, -0.05) is 0 Å². The van der Waals surface area contributed by atoms with E-state index in [1.165, 1.54) is 0 Å². The summed E-state index contributed by atoms with van der Waals surface area (Å²) in [7, 11) is 0.315. The van der Waals surface area contributed by atoms with Gasteiger partial charge in [0.05, 0.1) is 5.25 Å². The Kier molecular flexibility index (Phi) is 5.85. The summed E-state index contributed by atoms with van der Waals surface area (Å²) < 4.78 is 31.2. The van der Waals surface area contributed by atoms with Crippen LogP contribution in [0.5, 0.6) is 0 Å².